The summed E-state index contributed by atoms with van der Waals surface area (Å²) in [5.41, 5.74) is 6.98. The standard InChI is InChI=1S/C10H16N2/c1-8(6-9(2)11)10-4-3-5-12-7-10/h3-5,7-9H,6,11H2,1-2H3. The molecule has 2 unspecified atom stereocenters. The van der Waals surface area contributed by atoms with Crippen LogP contribution in [0.5, 0.6) is 0 Å². The minimum Gasteiger partial charge on any atom is -0.328 e. The molecule has 2 heteroatoms. The topological polar surface area (TPSA) is 38.9 Å². The molecule has 66 valence electrons. The summed E-state index contributed by atoms with van der Waals surface area (Å²) in [6.07, 6.45) is 4.72. The van der Waals surface area contributed by atoms with Crippen LogP contribution in [0.3, 0.4) is 0 Å². The highest BCUT2D eigenvalue weighted by Gasteiger charge is 2.06. The van der Waals surface area contributed by atoms with Gasteiger partial charge in [-0.1, -0.05) is 13.0 Å². The maximum absolute atomic E-state index is 5.71. The zero-order valence-corrected chi connectivity index (χ0v) is 7.70. The predicted octanol–water partition coefficient (Wildman–Crippen LogP) is 1.92. The molecule has 2 atom stereocenters. The molecule has 0 fully saturated rings. The molecule has 0 aliphatic heterocycles. The summed E-state index contributed by atoms with van der Waals surface area (Å²) in [6.45, 7) is 4.22. The molecule has 1 aromatic heterocycles. The maximum atomic E-state index is 5.71. The maximum Gasteiger partial charge on any atom is 0.0302 e. The lowest BCUT2D eigenvalue weighted by Crippen LogP contribution is -2.17. The SMILES string of the molecule is CC(N)CC(C)c1cccnc1. The third kappa shape index (κ3) is 2.62. The Kier molecular flexibility index (Phi) is 3.23. The molecule has 1 rings (SSSR count). The Balaban J connectivity index is 2.59. The van der Waals surface area contributed by atoms with E-state index in [1.165, 1.54) is 5.56 Å². The van der Waals surface area contributed by atoms with Gasteiger partial charge >= 0.3 is 0 Å². The van der Waals surface area contributed by atoms with Crippen LogP contribution in [0, 0.1) is 0 Å². The molecule has 0 spiro atoms. The Bertz CT molecular complexity index is 219. The lowest BCUT2D eigenvalue weighted by atomic mass is 9.96. The normalized spacial score (nSPS) is 15.6. The summed E-state index contributed by atoms with van der Waals surface area (Å²) in [7, 11) is 0. The molecule has 0 saturated heterocycles. The number of rotatable bonds is 3. The van der Waals surface area contributed by atoms with Gasteiger partial charge in [0.15, 0.2) is 0 Å². The number of hydrogen-bond acceptors (Lipinski definition) is 2. The van der Waals surface area contributed by atoms with Crippen LogP contribution in [-0.2, 0) is 0 Å². The van der Waals surface area contributed by atoms with Gasteiger partial charge in [-0.25, -0.2) is 0 Å². The smallest absolute Gasteiger partial charge is 0.0302 e. The van der Waals surface area contributed by atoms with Gasteiger partial charge in [0.2, 0.25) is 0 Å². The molecule has 0 aromatic carbocycles. The van der Waals surface area contributed by atoms with Crippen LogP contribution < -0.4 is 5.73 Å². The van der Waals surface area contributed by atoms with Gasteiger partial charge in [-0.2, -0.15) is 0 Å². The van der Waals surface area contributed by atoms with E-state index >= 15 is 0 Å². The fourth-order valence-corrected chi connectivity index (χ4v) is 1.36. The molecule has 0 aliphatic rings. The van der Waals surface area contributed by atoms with Gasteiger partial charge in [-0.3, -0.25) is 4.98 Å². The largest absolute Gasteiger partial charge is 0.328 e. The van der Waals surface area contributed by atoms with E-state index in [1.807, 2.05) is 19.2 Å². The number of pyridine rings is 1. The Hall–Kier alpha value is -0.890. The van der Waals surface area contributed by atoms with Crippen molar-refractivity contribution in [1.82, 2.24) is 4.98 Å². The van der Waals surface area contributed by atoms with Crippen LogP contribution in [0.25, 0.3) is 0 Å². The molecule has 2 nitrogen and oxygen atoms in total. The molecule has 0 amide bonds. The third-order valence-corrected chi connectivity index (χ3v) is 1.98. The molecule has 0 radical (unpaired) electrons. The van der Waals surface area contributed by atoms with Gasteiger partial charge in [0, 0.05) is 18.4 Å². The van der Waals surface area contributed by atoms with Crippen LogP contribution in [0.1, 0.15) is 31.7 Å². The van der Waals surface area contributed by atoms with Crippen molar-refractivity contribution in [3.63, 3.8) is 0 Å². The van der Waals surface area contributed by atoms with Crippen molar-refractivity contribution < 1.29 is 0 Å². The van der Waals surface area contributed by atoms with E-state index in [1.54, 1.807) is 6.20 Å². The highest BCUT2D eigenvalue weighted by molar-refractivity contribution is 5.13. The summed E-state index contributed by atoms with van der Waals surface area (Å²) in [5.74, 6) is 0.513. The lowest BCUT2D eigenvalue weighted by Gasteiger charge is -2.13. The van der Waals surface area contributed by atoms with E-state index in [0.29, 0.717) is 5.92 Å². The first-order valence-electron chi connectivity index (χ1n) is 4.35. The molecule has 0 bridgehead atoms. The van der Waals surface area contributed by atoms with E-state index in [0.717, 1.165) is 6.42 Å². The summed E-state index contributed by atoms with van der Waals surface area (Å²) in [5, 5.41) is 0. The van der Waals surface area contributed by atoms with E-state index < -0.39 is 0 Å². The second-order valence-electron chi connectivity index (χ2n) is 3.40. The molecule has 2 N–H and O–H groups in total. The summed E-state index contributed by atoms with van der Waals surface area (Å²) < 4.78 is 0. The first-order valence-corrected chi connectivity index (χ1v) is 4.35. The quantitative estimate of drug-likeness (QED) is 0.741. The zero-order valence-electron chi connectivity index (χ0n) is 7.70. The van der Waals surface area contributed by atoms with Crippen LogP contribution in [0.4, 0.5) is 0 Å². The summed E-state index contributed by atoms with van der Waals surface area (Å²) in [4.78, 5) is 4.07. The number of hydrogen-bond donors (Lipinski definition) is 1. The van der Waals surface area contributed by atoms with Gasteiger partial charge in [-0.05, 0) is 30.9 Å². The Morgan fingerprint density at radius 1 is 1.50 bits per heavy atom. The molecule has 0 aliphatic carbocycles. The molecule has 1 aromatic rings. The minimum atomic E-state index is 0.264. The second kappa shape index (κ2) is 4.21. The number of nitrogens with two attached hydrogens (primary N) is 1. The summed E-state index contributed by atoms with van der Waals surface area (Å²) in [6, 6.07) is 4.33. The fourth-order valence-electron chi connectivity index (χ4n) is 1.36. The van der Waals surface area contributed by atoms with Gasteiger partial charge < -0.3 is 5.73 Å². The van der Waals surface area contributed by atoms with E-state index in [-0.39, 0.29) is 6.04 Å². The van der Waals surface area contributed by atoms with Gasteiger partial charge in [0.05, 0.1) is 0 Å². The average molecular weight is 164 g/mol. The zero-order chi connectivity index (χ0) is 8.97. The average Bonchev–Trinajstić information content (AvgIpc) is 2.05. The second-order valence-corrected chi connectivity index (χ2v) is 3.40. The molecule has 1 heterocycles. The molecular formula is C10H16N2. The van der Waals surface area contributed by atoms with Crippen molar-refractivity contribution in [2.24, 2.45) is 5.73 Å². The molecular weight excluding hydrogens is 148 g/mol. The number of nitrogens with zero attached hydrogens (tertiary/aromatic N) is 1. The predicted molar refractivity (Wildman–Crippen MR) is 50.9 cm³/mol. The lowest BCUT2D eigenvalue weighted by molar-refractivity contribution is 0.585. The van der Waals surface area contributed by atoms with Crippen molar-refractivity contribution >= 4 is 0 Å². The van der Waals surface area contributed by atoms with E-state index in [4.69, 9.17) is 5.73 Å². The van der Waals surface area contributed by atoms with Gasteiger partial charge in [-0.15, -0.1) is 0 Å². The van der Waals surface area contributed by atoms with Crippen molar-refractivity contribution in [2.75, 3.05) is 0 Å². The summed E-state index contributed by atoms with van der Waals surface area (Å²) >= 11 is 0. The fraction of sp³-hybridized carbons (Fsp3) is 0.500. The third-order valence-electron chi connectivity index (χ3n) is 1.98. The monoisotopic (exact) mass is 164 g/mol. The van der Waals surface area contributed by atoms with Crippen molar-refractivity contribution in [1.29, 1.82) is 0 Å². The van der Waals surface area contributed by atoms with Crippen LogP contribution >= 0.6 is 0 Å². The Labute approximate surface area is 73.8 Å². The Morgan fingerprint density at radius 3 is 2.75 bits per heavy atom. The van der Waals surface area contributed by atoms with E-state index in [9.17, 15) is 0 Å². The van der Waals surface area contributed by atoms with Crippen molar-refractivity contribution in [3.05, 3.63) is 30.1 Å². The minimum absolute atomic E-state index is 0.264. The van der Waals surface area contributed by atoms with E-state index in [2.05, 4.69) is 18.0 Å². The van der Waals surface area contributed by atoms with Crippen LogP contribution in [0.2, 0.25) is 0 Å². The molecule has 12 heavy (non-hydrogen) atoms. The molecule has 0 saturated carbocycles. The van der Waals surface area contributed by atoms with Gasteiger partial charge in [0.25, 0.3) is 0 Å². The Morgan fingerprint density at radius 2 is 2.25 bits per heavy atom. The first kappa shape index (κ1) is 9.20. The van der Waals surface area contributed by atoms with Crippen LogP contribution in [0.15, 0.2) is 24.5 Å². The van der Waals surface area contributed by atoms with Crippen molar-refractivity contribution in [3.8, 4) is 0 Å². The number of aromatic nitrogens is 1. The van der Waals surface area contributed by atoms with Gasteiger partial charge in [0.1, 0.15) is 0 Å². The first-order chi connectivity index (χ1) is 5.70. The highest BCUT2D eigenvalue weighted by atomic mass is 14.6. The van der Waals surface area contributed by atoms with Crippen molar-refractivity contribution in [2.45, 2.75) is 32.2 Å². The highest BCUT2D eigenvalue weighted by Crippen LogP contribution is 2.18. The van der Waals surface area contributed by atoms with Crippen LogP contribution in [-0.4, -0.2) is 11.0 Å².